The van der Waals surface area contributed by atoms with Crippen LogP contribution in [0.15, 0.2) is 24.3 Å². The number of sulfonamides is 1. The molecule has 0 bridgehead atoms. The van der Waals surface area contributed by atoms with Gasteiger partial charge in [0.15, 0.2) is 0 Å². The molecule has 22 heavy (non-hydrogen) atoms. The molecule has 126 valence electrons. The van der Waals surface area contributed by atoms with Gasteiger partial charge >= 0.3 is 0 Å². The molecule has 6 heteroatoms. The van der Waals surface area contributed by atoms with E-state index in [1.165, 1.54) is 0 Å². The summed E-state index contributed by atoms with van der Waals surface area (Å²) in [5.74, 6) is 0.946. The zero-order chi connectivity index (χ0) is 16.6. The van der Waals surface area contributed by atoms with Gasteiger partial charge in [-0.15, -0.1) is 0 Å². The Balaban J connectivity index is 2.98. The van der Waals surface area contributed by atoms with E-state index in [1.807, 2.05) is 31.2 Å². The van der Waals surface area contributed by atoms with Crippen molar-refractivity contribution in [1.82, 2.24) is 9.62 Å². The second kappa shape index (κ2) is 9.12. The first-order chi connectivity index (χ1) is 10.5. The topological polar surface area (TPSA) is 58.6 Å². The summed E-state index contributed by atoms with van der Waals surface area (Å²) in [5.41, 5.74) is 1.06. The van der Waals surface area contributed by atoms with E-state index in [4.69, 9.17) is 4.74 Å². The second-order valence-electron chi connectivity index (χ2n) is 5.18. The minimum atomic E-state index is -3.21. The van der Waals surface area contributed by atoms with Crippen LogP contribution in [0.5, 0.6) is 5.75 Å². The van der Waals surface area contributed by atoms with Crippen molar-refractivity contribution in [1.29, 1.82) is 0 Å². The van der Waals surface area contributed by atoms with Crippen molar-refractivity contribution in [2.75, 3.05) is 32.5 Å². The van der Waals surface area contributed by atoms with Gasteiger partial charge in [0.25, 0.3) is 0 Å². The van der Waals surface area contributed by atoms with E-state index in [9.17, 15) is 8.42 Å². The fourth-order valence-electron chi connectivity index (χ4n) is 2.52. The van der Waals surface area contributed by atoms with Crippen LogP contribution in [0.4, 0.5) is 0 Å². The van der Waals surface area contributed by atoms with Crippen LogP contribution >= 0.6 is 0 Å². The molecule has 1 atom stereocenters. The molecular weight excluding hydrogens is 300 g/mol. The fourth-order valence-corrected chi connectivity index (χ4v) is 3.61. The van der Waals surface area contributed by atoms with Crippen LogP contribution in [-0.4, -0.2) is 45.8 Å². The summed E-state index contributed by atoms with van der Waals surface area (Å²) in [6.07, 6.45) is 0.616. The van der Waals surface area contributed by atoms with Crippen LogP contribution in [0.1, 0.15) is 38.8 Å². The number of hydrogen-bond donors (Lipinski definition) is 1. The third-order valence-electron chi connectivity index (χ3n) is 3.70. The summed E-state index contributed by atoms with van der Waals surface area (Å²) >= 11 is 0. The van der Waals surface area contributed by atoms with E-state index in [0.29, 0.717) is 13.0 Å². The quantitative estimate of drug-likeness (QED) is 0.716. The van der Waals surface area contributed by atoms with Crippen LogP contribution < -0.4 is 9.46 Å². The van der Waals surface area contributed by atoms with Crippen LogP contribution in [-0.2, 0) is 10.0 Å². The van der Waals surface area contributed by atoms with Crippen LogP contribution in [0, 0.1) is 0 Å². The highest BCUT2D eigenvalue weighted by atomic mass is 32.2. The summed E-state index contributed by atoms with van der Waals surface area (Å²) in [7, 11) is -1.57. The SMILES string of the molecule is CCCS(=O)(=O)NCC(c1cccc(OC)c1)N(CC)CC. The van der Waals surface area contributed by atoms with Gasteiger partial charge in [-0.25, -0.2) is 13.1 Å². The number of rotatable bonds is 10. The summed E-state index contributed by atoms with van der Waals surface area (Å²) in [5, 5.41) is 0. The average molecular weight is 328 g/mol. The molecule has 0 saturated carbocycles. The number of benzene rings is 1. The molecule has 1 aromatic carbocycles. The lowest BCUT2D eigenvalue weighted by Gasteiger charge is -2.30. The minimum Gasteiger partial charge on any atom is -0.497 e. The number of nitrogens with zero attached hydrogens (tertiary/aromatic N) is 1. The number of methoxy groups -OCH3 is 1. The van der Waals surface area contributed by atoms with Gasteiger partial charge in [-0.1, -0.05) is 32.9 Å². The summed E-state index contributed by atoms with van der Waals surface area (Å²) in [6, 6.07) is 7.81. The number of likely N-dealkylation sites (N-methyl/N-ethyl adjacent to an activating group) is 1. The molecule has 0 aliphatic heterocycles. The normalized spacial score (nSPS) is 13.3. The van der Waals surface area contributed by atoms with Crippen LogP contribution in [0.2, 0.25) is 0 Å². The molecule has 1 unspecified atom stereocenters. The van der Waals surface area contributed by atoms with Crippen molar-refractivity contribution in [3.8, 4) is 5.75 Å². The Morgan fingerprint density at radius 2 is 1.91 bits per heavy atom. The van der Waals surface area contributed by atoms with Gasteiger partial charge < -0.3 is 4.74 Å². The van der Waals surface area contributed by atoms with E-state index < -0.39 is 10.0 Å². The Morgan fingerprint density at radius 3 is 2.45 bits per heavy atom. The summed E-state index contributed by atoms with van der Waals surface area (Å²) < 4.78 is 31.9. The van der Waals surface area contributed by atoms with Gasteiger partial charge in [0.2, 0.25) is 10.0 Å². The van der Waals surface area contributed by atoms with Crippen molar-refractivity contribution in [3.63, 3.8) is 0 Å². The maximum absolute atomic E-state index is 11.9. The molecule has 0 aliphatic rings. The average Bonchev–Trinajstić information content (AvgIpc) is 2.51. The molecule has 0 saturated heterocycles. The van der Waals surface area contributed by atoms with Crippen LogP contribution in [0.3, 0.4) is 0 Å². The Labute approximate surface area is 134 Å². The first kappa shape index (κ1) is 18.9. The van der Waals surface area contributed by atoms with Gasteiger partial charge in [-0.05, 0) is 37.2 Å². The predicted molar refractivity (Wildman–Crippen MR) is 90.7 cm³/mol. The molecule has 0 fully saturated rings. The first-order valence-electron chi connectivity index (χ1n) is 7.82. The largest absolute Gasteiger partial charge is 0.497 e. The van der Waals surface area contributed by atoms with Gasteiger partial charge in [0.05, 0.1) is 12.9 Å². The van der Waals surface area contributed by atoms with Gasteiger partial charge in [-0.2, -0.15) is 0 Å². The summed E-state index contributed by atoms with van der Waals surface area (Å²) in [4.78, 5) is 2.24. The van der Waals surface area contributed by atoms with E-state index in [-0.39, 0.29) is 11.8 Å². The summed E-state index contributed by atoms with van der Waals surface area (Å²) in [6.45, 7) is 8.11. The Kier molecular flexibility index (Phi) is 7.85. The maximum Gasteiger partial charge on any atom is 0.211 e. The van der Waals surface area contributed by atoms with Gasteiger partial charge in [0.1, 0.15) is 5.75 Å². The molecule has 1 rings (SSSR count). The molecule has 0 spiro atoms. The predicted octanol–water partition coefficient (Wildman–Crippen LogP) is 2.41. The third-order valence-corrected chi connectivity index (χ3v) is 5.25. The molecular formula is C16H28N2O3S. The highest BCUT2D eigenvalue weighted by molar-refractivity contribution is 7.89. The molecule has 0 aliphatic carbocycles. The lowest BCUT2D eigenvalue weighted by atomic mass is 10.0. The molecule has 0 heterocycles. The van der Waals surface area contributed by atoms with E-state index >= 15 is 0 Å². The molecule has 1 aromatic rings. The minimum absolute atomic E-state index is 0.00303. The number of nitrogens with one attached hydrogen (secondary N) is 1. The monoisotopic (exact) mass is 328 g/mol. The van der Waals surface area contributed by atoms with E-state index in [2.05, 4.69) is 23.5 Å². The first-order valence-corrected chi connectivity index (χ1v) is 9.47. The Bertz CT molecular complexity index is 542. The molecule has 0 radical (unpaired) electrons. The fraction of sp³-hybridized carbons (Fsp3) is 0.625. The lowest BCUT2D eigenvalue weighted by molar-refractivity contribution is 0.219. The second-order valence-corrected chi connectivity index (χ2v) is 7.11. The Hall–Kier alpha value is -1.11. The highest BCUT2D eigenvalue weighted by Gasteiger charge is 2.21. The van der Waals surface area contributed by atoms with Crippen molar-refractivity contribution >= 4 is 10.0 Å². The lowest BCUT2D eigenvalue weighted by Crippen LogP contribution is -2.38. The van der Waals surface area contributed by atoms with Crippen LogP contribution in [0.25, 0.3) is 0 Å². The van der Waals surface area contributed by atoms with Gasteiger partial charge in [0, 0.05) is 12.6 Å². The van der Waals surface area contributed by atoms with E-state index in [1.54, 1.807) is 7.11 Å². The maximum atomic E-state index is 11.9. The smallest absolute Gasteiger partial charge is 0.211 e. The standard InChI is InChI=1S/C16H28N2O3S/c1-5-11-22(19,20)17-13-16(18(6-2)7-3)14-9-8-10-15(12-14)21-4/h8-10,12,16-17H,5-7,11,13H2,1-4H3. The van der Waals surface area contributed by atoms with Crippen molar-refractivity contribution in [2.45, 2.75) is 33.2 Å². The van der Waals surface area contributed by atoms with Crippen molar-refractivity contribution in [2.24, 2.45) is 0 Å². The van der Waals surface area contributed by atoms with Crippen molar-refractivity contribution in [3.05, 3.63) is 29.8 Å². The molecule has 1 N–H and O–H groups in total. The number of ether oxygens (including phenoxy) is 1. The Morgan fingerprint density at radius 1 is 1.23 bits per heavy atom. The van der Waals surface area contributed by atoms with E-state index in [0.717, 1.165) is 24.4 Å². The van der Waals surface area contributed by atoms with Crippen molar-refractivity contribution < 1.29 is 13.2 Å². The third kappa shape index (κ3) is 5.59. The zero-order valence-electron chi connectivity index (χ0n) is 14.0. The molecule has 0 amide bonds. The highest BCUT2D eigenvalue weighted by Crippen LogP contribution is 2.24. The zero-order valence-corrected chi connectivity index (χ0v) is 14.8. The van der Waals surface area contributed by atoms with Gasteiger partial charge in [-0.3, -0.25) is 4.90 Å². The molecule has 0 aromatic heterocycles. The number of hydrogen-bond acceptors (Lipinski definition) is 4. The molecule has 5 nitrogen and oxygen atoms in total.